The Morgan fingerprint density at radius 3 is 2.68 bits per heavy atom. The molecule has 3 rings (SSSR count). The molecule has 0 saturated heterocycles. The van der Waals surface area contributed by atoms with Crippen LogP contribution in [0.1, 0.15) is 52.4 Å². The standard InChI is InChI=1S/C13H21N5O/c1-12(2)6-4-3-5-10(12)15-11(19)13(7-8-13)18-9-14-16-17-18/h9-10H,3-8H2,1-2H3,(H,15,19). The molecule has 2 saturated carbocycles. The van der Waals surface area contributed by atoms with E-state index in [-0.39, 0.29) is 17.4 Å². The Hall–Kier alpha value is -1.46. The molecule has 1 amide bonds. The largest absolute Gasteiger partial charge is 0.351 e. The van der Waals surface area contributed by atoms with E-state index in [1.807, 2.05) is 0 Å². The van der Waals surface area contributed by atoms with E-state index in [9.17, 15) is 4.79 Å². The molecule has 1 aromatic heterocycles. The summed E-state index contributed by atoms with van der Waals surface area (Å²) in [5.74, 6) is 0.0831. The minimum atomic E-state index is -0.517. The third-order valence-electron chi connectivity index (χ3n) is 4.75. The first-order chi connectivity index (χ1) is 9.05. The second-order valence-corrected chi connectivity index (χ2v) is 6.55. The molecule has 0 aliphatic heterocycles. The maximum absolute atomic E-state index is 12.6. The summed E-state index contributed by atoms with van der Waals surface area (Å²) < 4.78 is 1.61. The van der Waals surface area contributed by atoms with Gasteiger partial charge in [0.2, 0.25) is 5.91 Å². The molecule has 1 heterocycles. The highest BCUT2D eigenvalue weighted by atomic mass is 16.2. The van der Waals surface area contributed by atoms with E-state index in [1.165, 1.54) is 19.3 Å². The summed E-state index contributed by atoms with van der Waals surface area (Å²) >= 11 is 0. The number of nitrogens with one attached hydrogen (secondary N) is 1. The van der Waals surface area contributed by atoms with Crippen molar-refractivity contribution in [2.75, 3.05) is 0 Å². The van der Waals surface area contributed by atoms with Crippen LogP contribution in [0.4, 0.5) is 0 Å². The molecule has 0 spiro atoms. The third kappa shape index (κ3) is 2.13. The van der Waals surface area contributed by atoms with Crippen LogP contribution in [0, 0.1) is 5.41 Å². The molecule has 1 aromatic rings. The Labute approximate surface area is 112 Å². The molecule has 1 N–H and O–H groups in total. The molecule has 2 aliphatic rings. The van der Waals surface area contributed by atoms with Crippen molar-refractivity contribution in [2.24, 2.45) is 5.41 Å². The van der Waals surface area contributed by atoms with E-state index in [4.69, 9.17) is 0 Å². The normalized spacial score (nSPS) is 27.8. The summed E-state index contributed by atoms with van der Waals surface area (Å²) in [6.07, 6.45) is 7.91. The Balaban J connectivity index is 1.72. The fourth-order valence-corrected chi connectivity index (χ4v) is 3.09. The molecule has 0 aromatic carbocycles. The average Bonchev–Trinajstić information content (AvgIpc) is 3.00. The number of aromatic nitrogens is 4. The fraction of sp³-hybridized carbons (Fsp3) is 0.846. The molecular weight excluding hydrogens is 242 g/mol. The monoisotopic (exact) mass is 263 g/mol. The van der Waals surface area contributed by atoms with Crippen molar-refractivity contribution in [3.63, 3.8) is 0 Å². The molecule has 19 heavy (non-hydrogen) atoms. The molecule has 0 bridgehead atoms. The third-order valence-corrected chi connectivity index (χ3v) is 4.75. The predicted octanol–water partition coefficient (Wildman–Crippen LogP) is 1.25. The van der Waals surface area contributed by atoms with E-state index in [0.717, 1.165) is 19.3 Å². The Bertz CT molecular complexity index is 463. The van der Waals surface area contributed by atoms with E-state index in [1.54, 1.807) is 11.0 Å². The number of nitrogens with zero attached hydrogens (tertiary/aromatic N) is 4. The first kappa shape index (κ1) is 12.6. The van der Waals surface area contributed by atoms with Crippen LogP contribution in [0.25, 0.3) is 0 Å². The average molecular weight is 263 g/mol. The van der Waals surface area contributed by atoms with Gasteiger partial charge >= 0.3 is 0 Å². The molecule has 6 nitrogen and oxygen atoms in total. The summed E-state index contributed by atoms with van der Waals surface area (Å²) in [6.45, 7) is 4.49. The van der Waals surface area contributed by atoms with Gasteiger partial charge in [-0.1, -0.05) is 26.7 Å². The SMILES string of the molecule is CC1(C)CCCCC1NC(=O)C1(n2cnnn2)CC1. The lowest BCUT2D eigenvalue weighted by Gasteiger charge is -2.39. The van der Waals surface area contributed by atoms with Crippen LogP contribution in [0.5, 0.6) is 0 Å². The van der Waals surface area contributed by atoms with Crippen LogP contribution in [0.15, 0.2) is 6.33 Å². The minimum absolute atomic E-state index is 0.0831. The highest BCUT2D eigenvalue weighted by Gasteiger charge is 2.54. The van der Waals surface area contributed by atoms with E-state index < -0.39 is 5.54 Å². The van der Waals surface area contributed by atoms with Gasteiger partial charge < -0.3 is 5.32 Å². The van der Waals surface area contributed by atoms with Gasteiger partial charge in [0.1, 0.15) is 11.9 Å². The summed E-state index contributed by atoms with van der Waals surface area (Å²) in [4.78, 5) is 12.6. The summed E-state index contributed by atoms with van der Waals surface area (Å²) in [5.41, 5.74) is -0.332. The van der Waals surface area contributed by atoms with E-state index in [2.05, 4.69) is 34.7 Å². The molecule has 1 unspecified atom stereocenters. The van der Waals surface area contributed by atoms with Crippen molar-refractivity contribution in [1.29, 1.82) is 0 Å². The number of hydrogen-bond donors (Lipinski definition) is 1. The van der Waals surface area contributed by atoms with Gasteiger partial charge in [0.05, 0.1) is 0 Å². The first-order valence-electron chi connectivity index (χ1n) is 7.09. The number of amides is 1. The smallest absolute Gasteiger partial charge is 0.248 e. The topological polar surface area (TPSA) is 72.7 Å². The van der Waals surface area contributed by atoms with E-state index >= 15 is 0 Å². The molecule has 6 heteroatoms. The van der Waals surface area contributed by atoms with Gasteiger partial charge in [-0.3, -0.25) is 4.79 Å². The highest BCUT2D eigenvalue weighted by molar-refractivity contribution is 5.87. The Morgan fingerprint density at radius 2 is 2.11 bits per heavy atom. The quantitative estimate of drug-likeness (QED) is 0.890. The van der Waals surface area contributed by atoms with Crippen LogP contribution < -0.4 is 5.32 Å². The predicted molar refractivity (Wildman–Crippen MR) is 69.2 cm³/mol. The Kier molecular flexibility index (Phi) is 2.83. The molecular formula is C13H21N5O. The van der Waals surface area contributed by atoms with Gasteiger partial charge in [0, 0.05) is 6.04 Å². The second-order valence-electron chi connectivity index (χ2n) is 6.55. The molecule has 2 aliphatic carbocycles. The minimum Gasteiger partial charge on any atom is -0.351 e. The molecule has 0 radical (unpaired) electrons. The lowest BCUT2D eigenvalue weighted by molar-refractivity contribution is -0.128. The van der Waals surface area contributed by atoms with Crippen molar-refractivity contribution < 1.29 is 4.79 Å². The number of hydrogen-bond acceptors (Lipinski definition) is 4. The van der Waals surface area contributed by atoms with Crippen LogP contribution in [0.2, 0.25) is 0 Å². The second kappa shape index (κ2) is 4.28. The maximum Gasteiger partial charge on any atom is 0.248 e. The lowest BCUT2D eigenvalue weighted by atomic mass is 9.73. The number of carbonyl (C=O) groups excluding carboxylic acids is 1. The van der Waals surface area contributed by atoms with Gasteiger partial charge in [-0.05, 0) is 41.5 Å². The molecule has 2 fully saturated rings. The van der Waals surface area contributed by atoms with Crippen LogP contribution in [-0.2, 0) is 10.3 Å². The van der Waals surface area contributed by atoms with Crippen molar-refractivity contribution >= 4 is 5.91 Å². The van der Waals surface area contributed by atoms with Gasteiger partial charge in [0.25, 0.3) is 0 Å². The zero-order valence-electron chi connectivity index (χ0n) is 11.6. The van der Waals surface area contributed by atoms with Crippen molar-refractivity contribution in [3.8, 4) is 0 Å². The van der Waals surface area contributed by atoms with E-state index in [0.29, 0.717) is 0 Å². The van der Waals surface area contributed by atoms with Crippen LogP contribution >= 0.6 is 0 Å². The van der Waals surface area contributed by atoms with Gasteiger partial charge in [0.15, 0.2) is 0 Å². The zero-order valence-corrected chi connectivity index (χ0v) is 11.6. The lowest BCUT2D eigenvalue weighted by Crippen LogP contribution is -2.51. The van der Waals surface area contributed by atoms with Crippen molar-refractivity contribution in [3.05, 3.63) is 6.33 Å². The maximum atomic E-state index is 12.6. The number of tetrazole rings is 1. The van der Waals surface area contributed by atoms with Crippen molar-refractivity contribution in [2.45, 2.75) is 64.0 Å². The van der Waals surface area contributed by atoms with Gasteiger partial charge in [-0.15, -0.1) is 5.10 Å². The number of rotatable bonds is 3. The Morgan fingerprint density at radius 1 is 1.32 bits per heavy atom. The van der Waals surface area contributed by atoms with Gasteiger partial charge in [-0.25, -0.2) is 4.68 Å². The summed E-state index contributed by atoms with van der Waals surface area (Å²) in [6, 6.07) is 0.266. The highest BCUT2D eigenvalue weighted by Crippen LogP contribution is 2.44. The van der Waals surface area contributed by atoms with Crippen LogP contribution in [0.3, 0.4) is 0 Å². The van der Waals surface area contributed by atoms with Crippen molar-refractivity contribution in [1.82, 2.24) is 25.5 Å². The number of carbonyl (C=O) groups is 1. The molecule has 1 atom stereocenters. The summed E-state index contributed by atoms with van der Waals surface area (Å²) in [5, 5.41) is 14.4. The zero-order chi connectivity index (χ0) is 13.5. The first-order valence-corrected chi connectivity index (χ1v) is 7.09. The fourth-order valence-electron chi connectivity index (χ4n) is 3.09. The summed E-state index contributed by atoms with van der Waals surface area (Å²) in [7, 11) is 0. The molecule has 104 valence electrons. The van der Waals surface area contributed by atoms with Gasteiger partial charge in [-0.2, -0.15) is 0 Å². The van der Waals surface area contributed by atoms with Crippen LogP contribution in [-0.4, -0.2) is 32.2 Å².